The van der Waals surface area contributed by atoms with E-state index >= 15 is 0 Å². The molecule has 0 saturated heterocycles. The lowest BCUT2D eigenvalue weighted by Gasteiger charge is -2.02. The molecule has 0 saturated carbocycles. The van der Waals surface area contributed by atoms with Crippen LogP contribution in [0.25, 0.3) is 0 Å². The lowest BCUT2D eigenvalue weighted by molar-refractivity contribution is 1.30. The van der Waals surface area contributed by atoms with Crippen molar-refractivity contribution in [1.82, 2.24) is 4.98 Å². The number of rotatable bonds is 2. The fourth-order valence-corrected chi connectivity index (χ4v) is 1.28. The van der Waals surface area contributed by atoms with Crippen molar-refractivity contribution in [3.05, 3.63) is 66.0 Å². The minimum absolute atomic E-state index is 0.513. The highest BCUT2D eigenvalue weighted by Crippen LogP contribution is 2.07. The first kappa shape index (κ1) is 8.63. The summed E-state index contributed by atoms with van der Waals surface area (Å²) in [7, 11) is 0. The number of aromatic nitrogens is 1. The molecule has 1 aromatic carbocycles. The van der Waals surface area contributed by atoms with Crippen LogP contribution in [-0.2, 0) is 0 Å². The third kappa shape index (κ3) is 1.69. The Morgan fingerprint density at radius 3 is 2.29 bits per heavy atom. The molecule has 0 aliphatic carbocycles. The van der Waals surface area contributed by atoms with E-state index in [0.717, 1.165) is 11.1 Å². The van der Waals surface area contributed by atoms with E-state index in [0.29, 0.717) is 5.71 Å². The Morgan fingerprint density at radius 2 is 1.64 bits per heavy atom. The first-order valence-electron chi connectivity index (χ1n) is 4.42. The first-order chi connectivity index (χ1) is 6.88. The number of nitrogens with one attached hydrogen (secondary N) is 1. The number of benzene rings is 1. The average Bonchev–Trinajstić information content (AvgIpc) is 2.30. The molecule has 2 nitrogen and oxygen atoms in total. The molecular formula is C12H10N2. The van der Waals surface area contributed by atoms with Gasteiger partial charge in [0.15, 0.2) is 0 Å². The number of nitrogens with zero attached hydrogens (tertiary/aromatic N) is 1. The Morgan fingerprint density at radius 1 is 0.929 bits per heavy atom. The van der Waals surface area contributed by atoms with E-state index in [2.05, 4.69) is 4.98 Å². The van der Waals surface area contributed by atoms with Crippen LogP contribution >= 0.6 is 0 Å². The highest BCUT2D eigenvalue weighted by Gasteiger charge is 2.02. The van der Waals surface area contributed by atoms with Crippen molar-refractivity contribution in [1.29, 1.82) is 5.41 Å². The molecule has 1 heterocycles. The maximum Gasteiger partial charge on any atom is 0.0700 e. The van der Waals surface area contributed by atoms with Gasteiger partial charge in [0.05, 0.1) is 5.71 Å². The Hall–Kier alpha value is -1.96. The molecule has 2 heteroatoms. The summed E-state index contributed by atoms with van der Waals surface area (Å²) in [5.74, 6) is 0. The van der Waals surface area contributed by atoms with Crippen molar-refractivity contribution < 1.29 is 0 Å². The average molecular weight is 182 g/mol. The Bertz CT molecular complexity index is 379. The van der Waals surface area contributed by atoms with Crippen LogP contribution in [0, 0.1) is 5.41 Å². The molecule has 1 N–H and O–H groups in total. The minimum atomic E-state index is 0.513. The summed E-state index contributed by atoms with van der Waals surface area (Å²) in [6.07, 6.45) is 3.41. The Balaban J connectivity index is 2.35. The topological polar surface area (TPSA) is 36.7 Å². The van der Waals surface area contributed by atoms with E-state index in [9.17, 15) is 0 Å². The maximum atomic E-state index is 7.93. The van der Waals surface area contributed by atoms with E-state index in [4.69, 9.17) is 5.41 Å². The van der Waals surface area contributed by atoms with Crippen molar-refractivity contribution in [3.63, 3.8) is 0 Å². The second kappa shape index (κ2) is 3.83. The summed E-state index contributed by atoms with van der Waals surface area (Å²) >= 11 is 0. The maximum absolute atomic E-state index is 7.93. The SMILES string of the molecule is N=C(c1ccccc1)c1cccnc1. The number of hydrogen-bond acceptors (Lipinski definition) is 2. The van der Waals surface area contributed by atoms with E-state index in [1.165, 1.54) is 0 Å². The Labute approximate surface area is 82.8 Å². The molecule has 68 valence electrons. The van der Waals surface area contributed by atoms with Gasteiger partial charge >= 0.3 is 0 Å². The molecule has 14 heavy (non-hydrogen) atoms. The second-order valence-electron chi connectivity index (χ2n) is 2.98. The van der Waals surface area contributed by atoms with Gasteiger partial charge in [0.2, 0.25) is 0 Å². The van der Waals surface area contributed by atoms with Crippen LogP contribution in [0.3, 0.4) is 0 Å². The zero-order chi connectivity index (χ0) is 9.80. The molecule has 0 aliphatic rings. The highest BCUT2D eigenvalue weighted by atomic mass is 14.6. The predicted molar refractivity (Wildman–Crippen MR) is 56.6 cm³/mol. The summed E-state index contributed by atoms with van der Waals surface area (Å²) in [5, 5.41) is 7.93. The first-order valence-corrected chi connectivity index (χ1v) is 4.42. The van der Waals surface area contributed by atoms with Gasteiger partial charge < -0.3 is 0 Å². The van der Waals surface area contributed by atoms with Gasteiger partial charge in [-0.2, -0.15) is 0 Å². The Kier molecular flexibility index (Phi) is 2.36. The fraction of sp³-hybridized carbons (Fsp3) is 0. The van der Waals surface area contributed by atoms with Crippen molar-refractivity contribution in [3.8, 4) is 0 Å². The third-order valence-electron chi connectivity index (χ3n) is 2.01. The van der Waals surface area contributed by atoms with Crippen LogP contribution < -0.4 is 0 Å². The molecule has 1 aromatic heterocycles. The normalized spacial score (nSPS) is 9.71. The predicted octanol–water partition coefficient (Wildman–Crippen LogP) is 2.50. The third-order valence-corrected chi connectivity index (χ3v) is 2.01. The van der Waals surface area contributed by atoms with Gasteiger partial charge in [0, 0.05) is 23.5 Å². The van der Waals surface area contributed by atoms with Crippen LogP contribution in [0.4, 0.5) is 0 Å². The lowest BCUT2D eigenvalue weighted by Crippen LogP contribution is -2.00. The molecule has 0 aliphatic heterocycles. The molecule has 2 aromatic rings. The molecule has 0 amide bonds. The standard InChI is InChI=1S/C12H10N2/c13-12(10-5-2-1-3-6-10)11-7-4-8-14-9-11/h1-9,13H. The van der Waals surface area contributed by atoms with Crippen LogP contribution in [0.5, 0.6) is 0 Å². The molecule has 0 unspecified atom stereocenters. The molecule has 0 bridgehead atoms. The van der Waals surface area contributed by atoms with Gasteiger partial charge in [-0.15, -0.1) is 0 Å². The smallest absolute Gasteiger partial charge is 0.0700 e. The van der Waals surface area contributed by atoms with Crippen LogP contribution in [0.15, 0.2) is 54.9 Å². The van der Waals surface area contributed by atoms with Gasteiger partial charge in [-0.25, -0.2) is 0 Å². The molecule has 0 atom stereocenters. The van der Waals surface area contributed by atoms with Gasteiger partial charge in [-0.3, -0.25) is 10.4 Å². The lowest BCUT2D eigenvalue weighted by atomic mass is 10.0. The van der Waals surface area contributed by atoms with Crippen LogP contribution in [0.2, 0.25) is 0 Å². The van der Waals surface area contributed by atoms with E-state index in [-0.39, 0.29) is 0 Å². The van der Waals surface area contributed by atoms with E-state index in [1.54, 1.807) is 12.4 Å². The zero-order valence-electron chi connectivity index (χ0n) is 7.64. The fourth-order valence-electron chi connectivity index (χ4n) is 1.28. The van der Waals surface area contributed by atoms with Crippen molar-refractivity contribution in [2.45, 2.75) is 0 Å². The van der Waals surface area contributed by atoms with Gasteiger partial charge in [-0.1, -0.05) is 30.3 Å². The van der Waals surface area contributed by atoms with Gasteiger partial charge in [-0.05, 0) is 12.1 Å². The summed E-state index contributed by atoms with van der Waals surface area (Å²) in [6, 6.07) is 13.4. The highest BCUT2D eigenvalue weighted by molar-refractivity contribution is 6.10. The molecule has 0 fully saturated rings. The van der Waals surface area contributed by atoms with Gasteiger partial charge in [0.1, 0.15) is 0 Å². The molecule has 0 radical (unpaired) electrons. The van der Waals surface area contributed by atoms with Crippen molar-refractivity contribution in [2.24, 2.45) is 0 Å². The summed E-state index contributed by atoms with van der Waals surface area (Å²) in [6.45, 7) is 0. The summed E-state index contributed by atoms with van der Waals surface area (Å²) in [4.78, 5) is 3.99. The second-order valence-corrected chi connectivity index (χ2v) is 2.98. The largest absolute Gasteiger partial charge is 0.300 e. The zero-order valence-corrected chi connectivity index (χ0v) is 7.64. The molecule has 0 spiro atoms. The number of hydrogen-bond donors (Lipinski definition) is 1. The summed E-state index contributed by atoms with van der Waals surface area (Å²) < 4.78 is 0. The van der Waals surface area contributed by atoms with Crippen molar-refractivity contribution >= 4 is 5.71 Å². The summed E-state index contributed by atoms with van der Waals surface area (Å²) in [5.41, 5.74) is 2.28. The molecule has 2 rings (SSSR count). The number of pyridine rings is 1. The quantitative estimate of drug-likeness (QED) is 0.712. The molecular weight excluding hydrogens is 172 g/mol. The van der Waals surface area contributed by atoms with Crippen LogP contribution in [0.1, 0.15) is 11.1 Å². The minimum Gasteiger partial charge on any atom is -0.300 e. The monoisotopic (exact) mass is 182 g/mol. The van der Waals surface area contributed by atoms with Crippen molar-refractivity contribution in [2.75, 3.05) is 0 Å². The van der Waals surface area contributed by atoms with E-state index in [1.807, 2.05) is 42.5 Å². The van der Waals surface area contributed by atoms with E-state index < -0.39 is 0 Å². The van der Waals surface area contributed by atoms with Crippen LogP contribution in [-0.4, -0.2) is 10.7 Å². The van der Waals surface area contributed by atoms with Gasteiger partial charge in [0.25, 0.3) is 0 Å².